The smallest absolute Gasteiger partial charge is 0.0478 e. The summed E-state index contributed by atoms with van der Waals surface area (Å²) in [5.41, 5.74) is 1.53. The molecule has 1 aromatic rings. The number of rotatable bonds is 8. The molecule has 0 fully saturated rings. The fraction of sp³-hybridized carbons (Fsp3) is 0.600. The molecule has 3 heteroatoms. The summed E-state index contributed by atoms with van der Waals surface area (Å²) < 4.78 is 5.47. The van der Waals surface area contributed by atoms with Crippen molar-refractivity contribution in [3.05, 3.63) is 29.8 Å². The lowest BCUT2D eigenvalue weighted by atomic mass is 10.0. The molecule has 0 bridgehead atoms. The lowest BCUT2D eigenvalue weighted by Gasteiger charge is -2.12. The number of hydrogen-bond donors (Lipinski definition) is 1. The minimum atomic E-state index is 0.683. The Bertz CT molecular complexity index is 356. The molecule has 1 atom stereocenters. The summed E-state index contributed by atoms with van der Waals surface area (Å²) in [6.45, 7) is 6.09. The van der Waals surface area contributed by atoms with Crippen molar-refractivity contribution >= 4 is 11.8 Å². The highest BCUT2D eigenvalue weighted by Crippen LogP contribution is 2.38. The zero-order valence-corrected chi connectivity index (χ0v) is 12.0. The second-order valence-electron chi connectivity index (χ2n) is 4.72. The van der Waals surface area contributed by atoms with Gasteiger partial charge in [-0.3, -0.25) is 0 Å². The summed E-state index contributed by atoms with van der Waals surface area (Å²) in [5, 5.41) is 3.55. The predicted molar refractivity (Wildman–Crippen MR) is 78.5 cm³/mol. The van der Waals surface area contributed by atoms with Crippen LogP contribution in [0.25, 0.3) is 0 Å². The van der Waals surface area contributed by atoms with Crippen LogP contribution in [0.2, 0.25) is 0 Å². The minimum Gasteiger partial charge on any atom is -0.381 e. The first-order valence-corrected chi connectivity index (χ1v) is 7.90. The lowest BCUT2D eigenvalue weighted by molar-refractivity contribution is 0.132. The van der Waals surface area contributed by atoms with E-state index in [-0.39, 0.29) is 0 Å². The van der Waals surface area contributed by atoms with Crippen molar-refractivity contribution < 1.29 is 4.74 Å². The van der Waals surface area contributed by atoms with Crippen LogP contribution in [0.1, 0.15) is 31.2 Å². The van der Waals surface area contributed by atoms with Crippen LogP contribution >= 0.6 is 11.8 Å². The standard InChI is InChI=1S/C15H23NOS/c1-2-9-17-10-5-8-16-11-13-12-18-15-7-4-3-6-14(13)15/h3-4,6-7,13,16H,2,5,8-12H2,1H3. The molecule has 0 aromatic heterocycles. The van der Waals surface area contributed by atoms with Crippen LogP contribution in [-0.4, -0.2) is 32.1 Å². The summed E-state index contributed by atoms with van der Waals surface area (Å²) in [6, 6.07) is 8.79. The van der Waals surface area contributed by atoms with Gasteiger partial charge in [0, 0.05) is 36.3 Å². The van der Waals surface area contributed by atoms with Crippen LogP contribution in [0, 0.1) is 0 Å². The Labute approximate surface area is 114 Å². The summed E-state index contributed by atoms with van der Waals surface area (Å²) in [6.07, 6.45) is 2.23. The van der Waals surface area contributed by atoms with E-state index in [1.165, 1.54) is 16.2 Å². The van der Waals surface area contributed by atoms with E-state index in [0.717, 1.165) is 39.1 Å². The molecule has 1 unspecified atom stereocenters. The van der Waals surface area contributed by atoms with E-state index in [2.05, 4.69) is 36.5 Å². The van der Waals surface area contributed by atoms with Gasteiger partial charge in [-0.1, -0.05) is 25.1 Å². The van der Waals surface area contributed by atoms with Crippen LogP contribution in [0.4, 0.5) is 0 Å². The Hall–Kier alpha value is -0.510. The lowest BCUT2D eigenvalue weighted by Crippen LogP contribution is -2.23. The number of fused-ring (bicyclic) bond motifs is 1. The van der Waals surface area contributed by atoms with Crippen molar-refractivity contribution in [1.82, 2.24) is 5.32 Å². The molecule has 1 heterocycles. The van der Waals surface area contributed by atoms with Crippen LogP contribution in [0.3, 0.4) is 0 Å². The molecule has 1 aliphatic rings. The van der Waals surface area contributed by atoms with Crippen LogP contribution < -0.4 is 5.32 Å². The summed E-state index contributed by atoms with van der Waals surface area (Å²) in [5.74, 6) is 1.90. The fourth-order valence-corrected chi connectivity index (χ4v) is 3.47. The number of thioether (sulfide) groups is 1. The van der Waals surface area contributed by atoms with Gasteiger partial charge in [-0.05, 0) is 31.0 Å². The first-order chi connectivity index (χ1) is 8.92. The molecule has 0 aliphatic carbocycles. The molecular weight excluding hydrogens is 242 g/mol. The van der Waals surface area contributed by atoms with Gasteiger partial charge in [0.2, 0.25) is 0 Å². The van der Waals surface area contributed by atoms with Crippen molar-refractivity contribution in [2.24, 2.45) is 0 Å². The Morgan fingerprint density at radius 2 is 2.22 bits per heavy atom. The highest BCUT2D eigenvalue weighted by Gasteiger charge is 2.21. The van der Waals surface area contributed by atoms with Crippen molar-refractivity contribution in [2.75, 3.05) is 32.1 Å². The Morgan fingerprint density at radius 1 is 1.33 bits per heavy atom. The van der Waals surface area contributed by atoms with Gasteiger partial charge in [0.25, 0.3) is 0 Å². The van der Waals surface area contributed by atoms with Crippen molar-refractivity contribution in [1.29, 1.82) is 0 Å². The van der Waals surface area contributed by atoms with Gasteiger partial charge in [-0.25, -0.2) is 0 Å². The molecule has 0 amide bonds. The molecule has 2 nitrogen and oxygen atoms in total. The van der Waals surface area contributed by atoms with E-state index in [0.29, 0.717) is 5.92 Å². The molecule has 0 saturated heterocycles. The molecule has 0 radical (unpaired) electrons. The third kappa shape index (κ3) is 4.01. The SMILES string of the molecule is CCCOCCCNCC1CSc2ccccc21. The van der Waals surface area contributed by atoms with Crippen LogP contribution in [-0.2, 0) is 4.74 Å². The highest BCUT2D eigenvalue weighted by molar-refractivity contribution is 7.99. The normalized spacial score (nSPS) is 17.9. The van der Waals surface area contributed by atoms with Gasteiger partial charge in [0.15, 0.2) is 0 Å². The van der Waals surface area contributed by atoms with Crippen LogP contribution in [0.5, 0.6) is 0 Å². The number of benzene rings is 1. The maximum Gasteiger partial charge on any atom is 0.0478 e. The quantitative estimate of drug-likeness (QED) is 0.729. The maximum absolute atomic E-state index is 5.47. The molecule has 100 valence electrons. The molecular formula is C15H23NOS. The summed E-state index contributed by atoms with van der Waals surface area (Å²) in [7, 11) is 0. The van der Waals surface area contributed by atoms with Crippen molar-refractivity contribution in [2.45, 2.75) is 30.6 Å². The third-order valence-corrected chi connectivity index (χ3v) is 4.43. The van der Waals surface area contributed by atoms with E-state index < -0.39 is 0 Å². The first-order valence-electron chi connectivity index (χ1n) is 6.92. The molecule has 1 aromatic carbocycles. The van der Waals surface area contributed by atoms with Gasteiger partial charge < -0.3 is 10.1 Å². The van der Waals surface area contributed by atoms with Gasteiger partial charge in [-0.2, -0.15) is 0 Å². The van der Waals surface area contributed by atoms with Gasteiger partial charge >= 0.3 is 0 Å². The van der Waals surface area contributed by atoms with Gasteiger partial charge in [-0.15, -0.1) is 11.8 Å². The van der Waals surface area contributed by atoms with E-state index in [1.54, 1.807) is 0 Å². The van der Waals surface area contributed by atoms with E-state index >= 15 is 0 Å². The molecule has 1 N–H and O–H groups in total. The average Bonchev–Trinajstić information content (AvgIpc) is 2.81. The van der Waals surface area contributed by atoms with Crippen molar-refractivity contribution in [3.8, 4) is 0 Å². The zero-order valence-electron chi connectivity index (χ0n) is 11.2. The Morgan fingerprint density at radius 3 is 3.11 bits per heavy atom. The predicted octanol–water partition coefficient (Wildman–Crippen LogP) is 3.28. The third-order valence-electron chi connectivity index (χ3n) is 3.18. The minimum absolute atomic E-state index is 0.683. The topological polar surface area (TPSA) is 21.3 Å². The maximum atomic E-state index is 5.47. The Kier molecular flexibility index (Phi) is 6.05. The first kappa shape index (κ1) is 13.9. The van der Waals surface area contributed by atoms with Gasteiger partial charge in [0.1, 0.15) is 0 Å². The van der Waals surface area contributed by atoms with E-state index in [9.17, 15) is 0 Å². The van der Waals surface area contributed by atoms with Crippen molar-refractivity contribution in [3.63, 3.8) is 0 Å². The molecule has 0 spiro atoms. The molecule has 0 saturated carbocycles. The number of ether oxygens (including phenoxy) is 1. The van der Waals surface area contributed by atoms with Gasteiger partial charge in [0.05, 0.1) is 0 Å². The Balaban J connectivity index is 1.61. The monoisotopic (exact) mass is 265 g/mol. The second-order valence-corrected chi connectivity index (χ2v) is 5.78. The largest absolute Gasteiger partial charge is 0.381 e. The average molecular weight is 265 g/mol. The summed E-state index contributed by atoms with van der Waals surface area (Å²) in [4.78, 5) is 1.47. The zero-order chi connectivity index (χ0) is 12.6. The fourth-order valence-electron chi connectivity index (χ4n) is 2.22. The summed E-state index contributed by atoms with van der Waals surface area (Å²) >= 11 is 1.99. The highest BCUT2D eigenvalue weighted by atomic mass is 32.2. The molecule has 18 heavy (non-hydrogen) atoms. The van der Waals surface area contributed by atoms with E-state index in [1.807, 2.05) is 11.8 Å². The number of nitrogens with one attached hydrogen (secondary N) is 1. The van der Waals surface area contributed by atoms with Crippen LogP contribution in [0.15, 0.2) is 29.2 Å². The second kappa shape index (κ2) is 7.82. The molecule has 2 rings (SSSR count). The number of hydrogen-bond acceptors (Lipinski definition) is 3. The van der Waals surface area contributed by atoms with E-state index in [4.69, 9.17) is 4.74 Å². The molecule has 1 aliphatic heterocycles.